The fourth-order valence-corrected chi connectivity index (χ4v) is 2.21. The summed E-state index contributed by atoms with van der Waals surface area (Å²) < 4.78 is 0. The van der Waals surface area contributed by atoms with Gasteiger partial charge in [0.15, 0.2) is 0 Å². The first-order valence-corrected chi connectivity index (χ1v) is 6.27. The molecule has 2 fully saturated rings. The van der Waals surface area contributed by atoms with Crippen molar-refractivity contribution in [2.45, 2.75) is 31.1 Å². The quantitative estimate of drug-likeness (QED) is 0.854. The predicted molar refractivity (Wildman–Crippen MR) is 66.3 cm³/mol. The fraction of sp³-hybridized carbons (Fsp3) is 0.429. The molecular weight excluding hydrogens is 230 g/mol. The van der Waals surface area contributed by atoms with Crippen LogP contribution >= 0.6 is 0 Å². The monoisotopic (exact) mass is 245 g/mol. The van der Waals surface area contributed by atoms with Gasteiger partial charge in [-0.25, -0.2) is 0 Å². The molecule has 18 heavy (non-hydrogen) atoms. The highest BCUT2D eigenvalue weighted by atomic mass is 16.4. The van der Waals surface area contributed by atoms with Crippen LogP contribution in [0.1, 0.15) is 31.2 Å². The zero-order valence-corrected chi connectivity index (χ0v) is 9.98. The third kappa shape index (κ3) is 1.88. The second-order valence-corrected chi connectivity index (χ2v) is 5.23. The summed E-state index contributed by atoms with van der Waals surface area (Å²) in [6.45, 7) is 0. The van der Waals surface area contributed by atoms with Gasteiger partial charge in [-0.05, 0) is 43.4 Å². The maximum Gasteiger partial charge on any atom is 0.314 e. The number of hydrogen-bond donors (Lipinski definition) is 2. The smallest absolute Gasteiger partial charge is 0.314 e. The summed E-state index contributed by atoms with van der Waals surface area (Å²) in [4.78, 5) is 22.7. The number of aliphatic carboxylic acids is 1. The van der Waals surface area contributed by atoms with Gasteiger partial charge in [0.2, 0.25) is 5.91 Å². The molecule has 1 aromatic rings. The van der Waals surface area contributed by atoms with E-state index in [1.54, 1.807) is 12.1 Å². The van der Waals surface area contributed by atoms with Crippen LogP contribution in [0.15, 0.2) is 24.3 Å². The largest absolute Gasteiger partial charge is 0.481 e. The Bertz CT molecular complexity index is 498. The van der Waals surface area contributed by atoms with Crippen LogP contribution in [0.3, 0.4) is 0 Å². The number of amides is 1. The topological polar surface area (TPSA) is 66.4 Å². The molecule has 3 rings (SSSR count). The van der Waals surface area contributed by atoms with Crippen molar-refractivity contribution in [3.8, 4) is 0 Å². The van der Waals surface area contributed by atoms with Crippen molar-refractivity contribution in [1.82, 2.24) is 0 Å². The van der Waals surface area contributed by atoms with Crippen LogP contribution in [0.2, 0.25) is 0 Å². The van der Waals surface area contributed by atoms with E-state index in [0.29, 0.717) is 12.8 Å². The summed E-state index contributed by atoms with van der Waals surface area (Å²) >= 11 is 0. The molecule has 0 bridgehead atoms. The molecule has 0 radical (unpaired) electrons. The first-order chi connectivity index (χ1) is 8.62. The van der Waals surface area contributed by atoms with Crippen molar-refractivity contribution in [1.29, 1.82) is 0 Å². The maximum absolute atomic E-state index is 11.6. The zero-order chi connectivity index (χ0) is 12.8. The zero-order valence-electron chi connectivity index (χ0n) is 9.98. The molecule has 4 heteroatoms. The van der Waals surface area contributed by atoms with Gasteiger partial charge in [-0.15, -0.1) is 0 Å². The summed E-state index contributed by atoms with van der Waals surface area (Å²) in [5, 5.41) is 12.0. The van der Waals surface area contributed by atoms with Crippen molar-refractivity contribution in [3.63, 3.8) is 0 Å². The lowest BCUT2D eigenvalue weighted by Crippen LogP contribution is -2.19. The van der Waals surface area contributed by atoms with Crippen LogP contribution in [-0.4, -0.2) is 17.0 Å². The average molecular weight is 245 g/mol. The number of rotatable bonds is 4. The van der Waals surface area contributed by atoms with E-state index in [9.17, 15) is 14.7 Å². The minimum Gasteiger partial charge on any atom is -0.481 e. The van der Waals surface area contributed by atoms with Gasteiger partial charge >= 0.3 is 5.97 Å². The van der Waals surface area contributed by atoms with Gasteiger partial charge in [-0.1, -0.05) is 12.1 Å². The van der Waals surface area contributed by atoms with Gasteiger partial charge in [-0.2, -0.15) is 0 Å². The molecule has 2 aliphatic carbocycles. The second kappa shape index (κ2) is 3.83. The van der Waals surface area contributed by atoms with E-state index in [4.69, 9.17) is 0 Å². The standard InChI is InChI=1S/C14H15NO3/c16-12(9-1-2-9)15-11-5-3-10(4-6-11)14(7-8-14)13(17)18/h3-6,9H,1-2,7-8H2,(H,15,16)(H,17,18). The molecule has 2 N–H and O–H groups in total. The first kappa shape index (κ1) is 11.3. The highest BCUT2D eigenvalue weighted by Gasteiger charge is 2.51. The molecule has 1 aromatic carbocycles. The Kier molecular flexibility index (Phi) is 2.40. The summed E-state index contributed by atoms with van der Waals surface area (Å²) in [7, 11) is 0. The number of hydrogen-bond acceptors (Lipinski definition) is 2. The third-order valence-corrected chi connectivity index (χ3v) is 3.81. The van der Waals surface area contributed by atoms with Crippen LogP contribution in [0.25, 0.3) is 0 Å². The lowest BCUT2D eigenvalue weighted by molar-refractivity contribution is -0.140. The normalized spacial score (nSPS) is 20.2. The van der Waals surface area contributed by atoms with Gasteiger partial charge < -0.3 is 10.4 Å². The van der Waals surface area contributed by atoms with Gasteiger partial charge in [0.1, 0.15) is 0 Å². The number of benzene rings is 1. The molecule has 0 spiro atoms. The van der Waals surface area contributed by atoms with E-state index in [0.717, 1.165) is 24.1 Å². The van der Waals surface area contributed by atoms with Gasteiger partial charge in [0.05, 0.1) is 5.41 Å². The number of nitrogens with one attached hydrogen (secondary N) is 1. The number of carbonyl (C=O) groups excluding carboxylic acids is 1. The van der Waals surface area contributed by atoms with E-state index in [1.807, 2.05) is 12.1 Å². The average Bonchev–Trinajstić information content (AvgIpc) is 3.22. The molecule has 2 saturated carbocycles. The SMILES string of the molecule is O=C(Nc1ccc(C2(C(=O)O)CC2)cc1)C1CC1. The fourth-order valence-electron chi connectivity index (χ4n) is 2.21. The summed E-state index contributed by atoms with van der Waals surface area (Å²) in [5.41, 5.74) is 0.912. The lowest BCUT2D eigenvalue weighted by Gasteiger charge is -2.11. The van der Waals surface area contributed by atoms with Gasteiger partial charge in [0.25, 0.3) is 0 Å². The molecule has 0 atom stereocenters. The minimum atomic E-state index is -0.753. The van der Waals surface area contributed by atoms with Crippen LogP contribution in [-0.2, 0) is 15.0 Å². The molecule has 1 amide bonds. The van der Waals surface area contributed by atoms with Crippen molar-refractivity contribution in [2.75, 3.05) is 5.32 Å². The molecule has 0 saturated heterocycles. The predicted octanol–water partition coefficient (Wildman–Crippen LogP) is 2.15. The maximum atomic E-state index is 11.6. The number of carboxylic acid groups (broad SMARTS) is 1. The van der Waals surface area contributed by atoms with Gasteiger partial charge in [0, 0.05) is 11.6 Å². The Balaban J connectivity index is 1.73. The highest BCUT2D eigenvalue weighted by Crippen LogP contribution is 2.48. The summed E-state index contributed by atoms with van der Waals surface area (Å²) in [5.74, 6) is -0.502. The van der Waals surface area contributed by atoms with Crippen molar-refractivity contribution >= 4 is 17.6 Å². The Morgan fingerprint density at radius 3 is 2.22 bits per heavy atom. The number of carbonyl (C=O) groups is 2. The molecule has 0 aromatic heterocycles. The molecule has 4 nitrogen and oxygen atoms in total. The van der Waals surface area contributed by atoms with E-state index >= 15 is 0 Å². The molecule has 0 aliphatic heterocycles. The van der Waals surface area contributed by atoms with Crippen LogP contribution in [0.4, 0.5) is 5.69 Å². The second-order valence-electron chi connectivity index (χ2n) is 5.23. The summed E-state index contributed by atoms with van der Waals surface area (Å²) in [6, 6.07) is 7.20. The van der Waals surface area contributed by atoms with E-state index in [2.05, 4.69) is 5.32 Å². The Labute approximate surface area is 105 Å². The minimum absolute atomic E-state index is 0.0714. The Morgan fingerprint density at radius 2 is 1.78 bits per heavy atom. The van der Waals surface area contributed by atoms with Crippen molar-refractivity contribution < 1.29 is 14.7 Å². The summed E-state index contributed by atoms with van der Waals surface area (Å²) in [6.07, 6.45) is 3.37. The van der Waals surface area contributed by atoms with Gasteiger partial charge in [-0.3, -0.25) is 9.59 Å². The van der Waals surface area contributed by atoms with Crippen LogP contribution < -0.4 is 5.32 Å². The molecule has 2 aliphatic rings. The number of anilines is 1. The lowest BCUT2D eigenvalue weighted by atomic mass is 9.96. The first-order valence-electron chi connectivity index (χ1n) is 6.27. The highest BCUT2D eigenvalue weighted by molar-refractivity contribution is 5.94. The van der Waals surface area contributed by atoms with Crippen LogP contribution in [0.5, 0.6) is 0 Å². The Morgan fingerprint density at radius 1 is 1.17 bits per heavy atom. The molecule has 94 valence electrons. The van der Waals surface area contributed by atoms with Crippen molar-refractivity contribution in [2.24, 2.45) is 5.92 Å². The third-order valence-electron chi connectivity index (χ3n) is 3.81. The Hall–Kier alpha value is -1.84. The van der Waals surface area contributed by atoms with E-state index in [1.165, 1.54) is 0 Å². The molecule has 0 heterocycles. The van der Waals surface area contributed by atoms with E-state index < -0.39 is 11.4 Å². The van der Waals surface area contributed by atoms with Crippen molar-refractivity contribution in [3.05, 3.63) is 29.8 Å². The van der Waals surface area contributed by atoms with E-state index in [-0.39, 0.29) is 11.8 Å². The molecular formula is C14H15NO3. The number of carboxylic acids is 1. The molecule has 0 unspecified atom stereocenters. The van der Waals surface area contributed by atoms with Crippen LogP contribution in [0, 0.1) is 5.92 Å².